The zero-order chi connectivity index (χ0) is 22.1. The topological polar surface area (TPSA) is 81.4 Å². The third-order valence-electron chi connectivity index (χ3n) is 6.43. The number of H-pyrrole nitrogens is 1. The number of fused-ring (bicyclic) bond motifs is 1. The van der Waals surface area contributed by atoms with E-state index < -0.39 is 0 Å². The molecule has 1 unspecified atom stereocenters. The summed E-state index contributed by atoms with van der Waals surface area (Å²) < 4.78 is 4.25. The van der Waals surface area contributed by atoms with Crippen LogP contribution in [0.3, 0.4) is 0 Å². The van der Waals surface area contributed by atoms with Gasteiger partial charge in [0, 0.05) is 35.8 Å². The Hall–Kier alpha value is -3.48. The molecule has 1 atom stereocenters. The van der Waals surface area contributed by atoms with Gasteiger partial charge in [0.05, 0.1) is 0 Å². The third kappa shape index (κ3) is 3.57. The molecular formula is C25H28N6O. The molecule has 1 aliphatic rings. The number of tetrazole rings is 1. The molecular weight excluding hydrogens is 400 g/mol. The van der Waals surface area contributed by atoms with Crippen LogP contribution >= 0.6 is 0 Å². The molecule has 0 radical (unpaired) electrons. The fourth-order valence-electron chi connectivity index (χ4n) is 4.92. The average molecular weight is 429 g/mol. The van der Waals surface area contributed by atoms with E-state index in [1.807, 2.05) is 22.9 Å². The second-order valence-corrected chi connectivity index (χ2v) is 8.59. The van der Waals surface area contributed by atoms with Gasteiger partial charge in [0.2, 0.25) is 5.82 Å². The highest BCUT2D eigenvalue weighted by atomic mass is 16.1. The van der Waals surface area contributed by atoms with Crippen molar-refractivity contribution in [2.45, 2.75) is 58.5 Å². The number of nitrogens with zero attached hydrogens (tertiary/aromatic N) is 5. The van der Waals surface area contributed by atoms with Gasteiger partial charge in [-0.15, -0.1) is 10.2 Å². The van der Waals surface area contributed by atoms with Gasteiger partial charge in [-0.05, 0) is 48.1 Å². The lowest BCUT2D eigenvalue weighted by Gasteiger charge is -2.26. The summed E-state index contributed by atoms with van der Waals surface area (Å²) in [5.41, 5.74) is 6.59. The fourth-order valence-corrected chi connectivity index (χ4v) is 4.92. The molecule has 3 heterocycles. The predicted octanol–water partition coefficient (Wildman–Crippen LogP) is 4.40. The first-order valence-corrected chi connectivity index (χ1v) is 11.4. The summed E-state index contributed by atoms with van der Waals surface area (Å²) >= 11 is 0. The smallest absolute Gasteiger partial charge is 0.270 e. The zero-order valence-electron chi connectivity index (χ0n) is 18.6. The quantitative estimate of drug-likeness (QED) is 0.494. The van der Waals surface area contributed by atoms with Crippen molar-refractivity contribution in [2.24, 2.45) is 0 Å². The number of rotatable bonds is 6. The van der Waals surface area contributed by atoms with Gasteiger partial charge in [0.1, 0.15) is 0 Å². The van der Waals surface area contributed by atoms with Crippen molar-refractivity contribution in [1.29, 1.82) is 0 Å². The number of benzene rings is 2. The van der Waals surface area contributed by atoms with Crippen molar-refractivity contribution < 1.29 is 0 Å². The molecule has 0 saturated heterocycles. The lowest BCUT2D eigenvalue weighted by atomic mass is 9.96. The Bertz CT molecular complexity index is 1270. The molecule has 7 heteroatoms. The molecule has 32 heavy (non-hydrogen) atoms. The van der Waals surface area contributed by atoms with Crippen LogP contribution in [0.15, 0.2) is 53.3 Å². The normalized spacial score (nSPS) is 15.6. The van der Waals surface area contributed by atoms with Crippen molar-refractivity contribution in [3.63, 3.8) is 0 Å². The average Bonchev–Trinajstić information content (AvgIpc) is 3.44. The van der Waals surface area contributed by atoms with E-state index in [-0.39, 0.29) is 5.56 Å². The van der Waals surface area contributed by atoms with E-state index in [4.69, 9.17) is 0 Å². The maximum Gasteiger partial charge on any atom is 0.270 e. The Labute approximate surface area is 187 Å². The van der Waals surface area contributed by atoms with E-state index in [1.165, 1.54) is 5.69 Å². The minimum absolute atomic E-state index is 0.187. The molecule has 2 aromatic carbocycles. The number of aromatic nitrogens is 6. The van der Waals surface area contributed by atoms with Crippen molar-refractivity contribution in [1.82, 2.24) is 30.0 Å². The van der Waals surface area contributed by atoms with Crippen LogP contribution in [-0.4, -0.2) is 30.0 Å². The fraction of sp³-hybridized carbons (Fsp3) is 0.360. The Morgan fingerprint density at radius 2 is 1.88 bits per heavy atom. The molecule has 0 aliphatic carbocycles. The van der Waals surface area contributed by atoms with E-state index in [2.05, 4.69) is 69.5 Å². The van der Waals surface area contributed by atoms with Crippen LogP contribution in [0.1, 0.15) is 56.0 Å². The summed E-state index contributed by atoms with van der Waals surface area (Å²) in [4.78, 5) is 13.2. The van der Waals surface area contributed by atoms with E-state index in [0.717, 1.165) is 60.0 Å². The van der Waals surface area contributed by atoms with Gasteiger partial charge in [-0.25, -0.2) is 0 Å². The van der Waals surface area contributed by atoms with Gasteiger partial charge in [-0.1, -0.05) is 61.9 Å². The van der Waals surface area contributed by atoms with Crippen molar-refractivity contribution >= 4 is 0 Å². The van der Waals surface area contributed by atoms with Gasteiger partial charge in [0.15, 0.2) is 0 Å². The summed E-state index contributed by atoms with van der Waals surface area (Å²) in [5, 5.41) is 14.5. The summed E-state index contributed by atoms with van der Waals surface area (Å²) in [5.74, 6) is 0.579. The van der Waals surface area contributed by atoms with E-state index in [1.54, 1.807) is 0 Å². The number of aromatic amines is 1. The second-order valence-electron chi connectivity index (χ2n) is 8.59. The molecule has 7 nitrogen and oxygen atoms in total. The van der Waals surface area contributed by atoms with Gasteiger partial charge in [-0.2, -0.15) is 5.21 Å². The summed E-state index contributed by atoms with van der Waals surface area (Å²) in [6.45, 7) is 5.24. The largest absolute Gasteiger partial charge is 0.284 e. The molecule has 4 aromatic rings. The maximum atomic E-state index is 13.2. The molecule has 2 aromatic heterocycles. The highest BCUT2D eigenvalue weighted by Gasteiger charge is 2.25. The summed E-state index contributed by atoms with van der Waals surface area (Å²) in [6.07, 6.45) is 4.86. The minimum atomic E-state index is 0.187. The highest BCUT2D eigenvalue weighted by Crippen LogP contribution is 2.30. The Kier molecular flexibility index (Phi) is 5.47. The number of nitrogens with one attached hydrogen (secondary N) is 1. The van der Waals surface area contributed by atoms with Crippen molar-refractivity contribution in [2.75, 3.05) is 0 Å². The van der Waals surface area contributed by atoms with Crippen LogP contribution in [0.4, 0.5) is 0 Å². The predicted molar refractivity (Wildman–Crippen MR) is 124 cm³/mol. The monoisotopic (exact) mass is 428 g/mol. The first-order chi connectivity index (χ1) is 15.7. The molecule has 0 spiro atoms. The van der Waals surface area contributed by atoms with Gasteiger partial charge in [0.25, 0.3) is 5.56 Å². The van der Waals surface area contributed by atoms with Crippen LogP contribution in [0.5, 0.6) is 0 Å². The molecule has 1 aliphatic heterocycles. The van der Waals surface area contributed by atoms with Crippen LogP contribution in [-0.2, 0) is 19.4 Å². The SMILES string of the molecule is CCCc1c(Cc2ccc(-c3ccccc3-c3nn[nH]n3)cc2)c(=O)n2n1C(C)CCC2. The van der Waals surface area contributed by atoms with E-state index >= 15 is 0 Å². The van der Waals surface area contributed by atoms with Crippen molar-refractivity contribution in [3.05, 3.63) is 75.7 Å². The Balaban J connectivity index is 1.48. The van der Waals surface area contributed by atoms with Gasteiger partial charge < -0.3 is 0 Å². The molecule has 1 N–H and O–H groups in total. The van der Waals surface area contributed by atoms with Crippen LogP contribution in [0, 0.1) is 0 Å². The minimum Gasteiger partial charge on any atom is -0.284 e. The molecule has 0 fully saturated rings. The maximum absolute atomic E-state index is 13.2. The first kappa shape index (κ1) is 20.4. The molecule has 164 valence electrons. The van der Waals surface area contributed by atoms with Crippen LogP contribution < -0.4 is 5.56 Å². The number of hydrogen-bond acceptors (Lipinski definition) is 4. The van der Waals surface area contributed by atoms with Gasteiger partial charge in [-0.3, -0.25) is 14.2 Å². The molecule has 0 saturated carbocycles. The molecule has 0 amide bonds. The third-order valence-corrected chi connectivity index (χ3v) is 6.43. The van der Waals surface area contributed by atoms with E-state index in [0.29, 0.717) is 18.3 Å². The second kappa shape index (κ2) is 8.57. The molecule has 5 rings (SSSR count). The molecule has 0 bridgehead atoms. The Morgan fingerprint density at radius 3 is 2.59 bits per heavy atom. The lowest BCUT2D eigenvalue weighted by molar-refractivity contribution is 0.286. The summed E-state index contributed by atoms with van der Waals surface area (Å²) in [7, 11) is 0. The van der Waals surface area contributed by atoms with Crippen LogP contribution in [0.25, 0.3) is 22.5 Å². The standard InChI is InChI=1S/C25H28N6O/c1-3-7-23-22(25(32)30-15-6-8-17(2)31(23)30)16-18-11-13-19(14-12-18)20-9-4-5-10-21(20)24-26-28-29-27-24/h4-5,9-14,17H,3,6-8,15-16H2,1-2H3,(H,26,27,28,29). The highest BCUT2D eigenvalue weighted by molar-refractivity contribution is 5.80. The van der Waals surface area contributed by atoms with E-state index in [9.17, 15) is 4.79 Å². The van der Waals surface area contributed by atoms with Crippen molar-refractivity contribution in [3.8, 4) is 22.5 Å². The zero-order valence-corrected chi connectivity index (χ0v) is 18.6. The number of hydrogen-bond donors (Lipinski definition) is 1. The van der Waals surface area contributed by atoms with Crippen LogP contribution in [0.2, 0.25) is 0 Å². The first-order valence-electron chi connectivity index (χ1n) is 11.4. The van der Waals surface area contributed by atoms with Gasteiger partial charge >= 0.3 is 0 Å². The lowest BCUT2D eigenvalue weighted by Crippen LogP contribution is -2.30. The Morgan fingerprint density at radius 1 is 1.09 bits per heavy atom. The summed E-state index contributed by atoms with van der Waals surface area (Å²) in [6, 6.07) is 16.9.